The number of carbonyl (C=O) groups excluding carboxylic acids is 2. The average Bonchev–Trinajstić information content (AvgIpc) is 2.80. The summed E-state index contributed by atoms with van der Waals surface area (Å²) in [6, 6.07) is 6.68. The average molecular weight is 300 g/mol. The number of hydrogen-bond donors (Lipinski definition) is 1. The summed E-state index contributed by atoms with van der Waals surface area (Å²) >= 11 is 0. The van der Waals surface area contributed by atoms with Crippen LogP contribution in [0.5, 0.6) is 0 Å². The largest absolute Gasteiger partial charge is 0.366 e. The molecular formula is C18H24N2O2. The molecule has 2 amide bonds. The third-order valence-corrected chi connectivity index (χ3v) is 5.31. The molecular weight excluding hydrogens is 276 g/mol. The molecule has 1 spiro atoms. The molecule has 22 heavy (non-hydrogen) atoms. The van der Waals surface area contributed by atoms with Crippen LogP contribution in [0.4, 0.5) is 0 Å². The number of likely N-dealkylation sites (tertiary alicyclic amines) is 1. The lowest BCUT2D eigenvalue weighted by Gasteiger charge is -2.27. The Morgan fingerprint density at radius 1 is 0.909 bits per heavy atom. The number of nitrogens with zero attached hydrogens (tertiary/aromatic N) is 1. The molecule has 0 unspecified atom stereocenters. The number of hydrogen-bond acceptors (Lipinski definition) is 2. The number of nitrogens with two attached hydrogens (primary N) is 1. The predicted molar refractivity (Wildman–Crippen MR) is 85.6 cm³/mol. The maximum absolute atomic E-state index is 12.6. The van der Waals surface area contributed by atoms with Gasteiger partial charge in [-0.3, -0.25) is 9.59 Å². The Morgan fingerprint density at radius 2 is 1.50 bits per heavy atom. The molecule has 0 aromatic heterocycles. The molecule has 1 aromatic rings. The second-order valence-corrected chi connectivity index (χ2v) is 6.83. The van der Waals surface area contributed by atoms with Crippen molar-refractivity contribution in [2.75, 3.05) is 13.1 Å². The van der Waals surface area contributed by atoms with E-state index in [1.54, 1.807) is 24.3 Å². The minimum atomic E-state index is -0.461. The van der Waals surface area contributed by atoms with E-state index < -0.39 is 5.91 Å². The Morgan fingerprint density at radius 3 is 2.09 bits per heavy atom. The minimum absolute atomic E-state index is 0.0807. The van der Waals surface area contributed by atoms with E-state index in [4.69, 9.17) is 5.73 Å². The highest BCUT2D eigenvalue weighted by atomic mass is 16.2. The maximum Gasteiger partial charge on any atom is 0.253 e. The van der Waals surface area contributed by atoms with Crippen molar-refractivity contribution in [3.8, 4) is 0 Å². The third-order valence-electron chi connectivity index (χ3n) is 5.31. The molecule has 0 atom stereocenters. The number of carbonyl (C=O) groups is 2. The summed E-state index contributed by atoms with van der Waals surface area (Å²) < 4.78 is 0. The van der Waals surface area contributed by atoms with Crippen molar-refractivity contribution >= 4 is 11.8 Å². The first kappa shape index (κ1) is 15.1. The normalized spacial score (nSPS) is 20.8. The monoisotopic (exact) mass is 300 g/mol. The third kappa shape index (κ3) is 3.01. The molecule has 4 nitrogen and oxygen atoms in total. The Hall–Kier alpha value is -1.84. The first-order valence-electron chi connectivity index (χ1n) is 8.29. The van der Waals surface area contributed by atoms with Gasteiger partial charge in [0, 0.05) is 24.2 Å². The Labute approximate surface area is 131 Å². The van der Waals surface area contributed by atoms with Crippen molar-refractivity contribution in [1.29, 1.82) is 0 Å². The van der Waals surface area contributed by atoms with Crippen molar-refractivity contribution in [3.05, 3.63) is 35.4 Å². The molecule has 0 bridgehead atoms. The van der Waals surface area contributed by atoms with Crippen molar-refractivity contribution in [2.24, 2.45) is 11.1 Å². The van der Waals surface area contributed by atoms with E-state index in [1.807, 2.05) is 4.90 Å². The highest BCUT2D eigenvalue weighted by Gasteiger charge is 2.39. The van der Waals surface area contributed by atoms with Crippen LogP contribution in [0.3, 0.4) is 0 Å². The first-order chi connectivity index (χ1) is 10.6. The van der Waals surface area contributed by atoms with Gasteiger partial charge in [0.2, 0.25) is 5.91 Å². The summed E-state index contributed by atoms with van der Waals surface area (Å²) in [7, 11) is 0. The van der Waals surface area contributed by atoms with E-state index in [1.165, 1.54) is 38.5 Å². The fourth-order valence-corrected chi connectivity index (χ4v) is 3.95. The second-order valence-electron chi connectivity index (χ2n) is 6.83. The summed E-state index contributed by atoms with van der Waals surface area (Å²) in [5.74, 6) is -0.380. The van der Waals surface area contributed by atoms with Crippen molar-refractivity contribution in [2.45, 2.75) is 44.9 Å². The van der Waals surface area contributed by atoms with Crippen LogP contribution >= 0.6 is 0 Å². The maximum atomic E-state index is 12.6. The fourth-order valence-electron chi connectivity index (χ4n) is 3.95. The van der Waals surface area contributed by atoms with Crippen LogP contribution in [-0.4, -0.2) is 29.8 Å². The quantitative estimate of drug-likeness (QED) is 0.912. The smallest absolute Gasteiger partial charge is 0.253 e. The van der Waals surface area contributed by atoms with Crippen LogP contribution in [0.1, 0.15) is 65.7 Å². The molecule has 3 rings (SSSR count). The van der Waals surface area contributed by atoms with E-state index in [-0.39, 0.29) is 5.91 Å². The molecule has 1 aromatic carbocycles. The lowest BCUT2D eigenvalue weighted by atomic mass is 9.80. The van der Waals surface area contributed by atoms with Gasteiger partial charge >= 0.3 is 0 Å². The molecule has 2 N–H and O–H groups in total. The summed E-state index contributed by atoms with van der Waals surface area (Å²) in [5, 5.41) is 0. The highest BCUT2D eigenvalue weighted by Crippen LogP contribution is 2.42. The standard InChI is InChI=1S/C18H24N2O2/c19-16(21)14-5-7-15(8-6-14)17(22)20-12-11-18(13-20)9-3-1-2-4-10-18/h5-8H,1-4,9-13H2,(H2,19,21). The van der Waals surface area contributed by atoms with Gasteiger partial charge in [-0.2, -0.15) is 0 Å². The van der Waals surface area contributed by atoms with Gasteiger partial charge in [-0.25, -0.2) is 0 Å². The van der Waals surface area contributed by atoms with Crippen molar-refractivity contribution < 1.29 is 9.59 Å². The van der Waals surface area contributed by atoms with E-state index in [0.717, 1.165) is 19.5 Å². The molecule has 1 aliphatic heterocycles. The van der Waals surface area contributed by atoms with Crippen LogP contribution < -0.4 is 5.73 Å². The molecule has 1 aliphatic carbocycles. The molecule has 1 saturated heterocycles. The zero-order chi connectivity index (χ0) is 15.6. The SMILES string of the molecule is NC(=O)c1ccc(C(=O)N2CCC3(CCCCCC3)C2)cc1. The Kier molecular flexibility index (Phi) is 4.19. The van der Waals surface area contributed by atoms with Gasteiger partial charge in [0.1, 0.15) is 0 Å². The van der Waals surface area contributed by atoms with Crippen LogP contribution in [0, 0.1) is 5.41 Å². The summed E-state index contributed by atoms with van der Waals surface area (Å²) in [5.41, 5.74) is 6.69. The van der Waals surface area contributed by atoms with Gasteiger partial charge in [-0.15, -0.1) is 0 Å². The molecule has 1 saturated carbocycles. The molecule has 4 heteroatoms. The highest BCUT2D eigenvalue weighted by molar-refractivity contribution is 5.97. The summed E-state index contributed by atoms with van der Waals surface area (Å²) in [6.07, 6.45) is 8.94. The van der Waals surface area contributed by atoms with Gasteiger partial charge in [0.25, 0.3) is 5.91 Å². The Balaban J connectivity index is 1.69. The van der Waals surface area contributed by atoms with Gasteiger partial charge in [-0.1, -0.05) is 25.7 Å². The number of primary amides is 1. The van der Waals surface area contributed by atoms with E-state index in [9.17, 15) is 9.59 Å². The molecule has 2 fully saturated rings. The summed E-state index contributed by atoms with van der Waals surface area (Å²) in [4.78, 5) is 25.7. The number of rotatable bonds is 2. The summed E-state index contributed by atoms with van der Waals surface area (Å²) in [6.45, 7) is 1.75. The van der Waals surface area contributed by atoms with Crippen molar-refractivity contribution in [1.82, 2.24) is 4.90 Å². The van der Waals surface area contributed by atoms with Gasteiger partial charge in [0.15, 0.2) is 0 Å². The lowest BCUT2D eigenvalue weighted by molar-refractivity contribution is 0.0767. The molecule has 118 valence electrons. The minimum Gasteiger partial charge on any atom is -0.366 e. The van der Waals surface area contributed by atoms with Crippen molar-refractivity contribution in [3.63, 3.8) is 0 Å². The zero-order valence-corrected chi connectivity index (χ0v) is 13.0. The van der Waals surface area contributed by atoms with E-state index >= 15 is 0 Å². The molecule has 1 heterocycles. The van der Waals surface area contributed by atoms with Gasteiger partial charge < -0.3 is 10.6 Å². The van der Waals surface area contributed by atoms with Crippen LogP contribution in [0.25, 0.3) is 0 Å². The van der Waals surface area contributed by atoms with Gasteiger partial charge in [-0.05, 0) is 48.9 Å². The topological polar surface area (TPSA) is 63.4 Å². The lowest BCUT2D eigenvalue weighted by Crippen LogP contribution is -2.32. The van der Waals surface area contributed by atoms with Gasteiger partial charge in [0.05, 0.1) is 0 Å². The van der Waals surface area contributed by atoms with Crippen LogP contribution in [-0.2, 0) is 0 Å². The Bertz CT molecular complexity index is 557. The molecule has 0 radical (unpaired) electrons. The number of benzene rings is 1. The van der Waals surface area contributed by atoms with Crippen LogP contribution in [0.2, 0.25) is 0 Å². The van der Waals surface area contributed by atoms with E-state index in [0.29, 0.717) is 16.5 Å². The van der Waals surface area contributed by atoms with Crippen LogP contribution in [0.15, 0.2) is 24.3 Å². The van der Waals surface area contributed by atoms with E-state index in [2.05, 4.69) is 0 Å². The zero-order valence-electron chi connectivity index (χ0n) is 13.0. The predicted octanol–water partition coefficient (Wildman–Crippen LogP) is 2.97. The number of amides is 2. The second kappa shape index (κ2) is 6.11. The molecule has 2 aliphatic rings. The fraction of sp³-hybridized carbons (Fsp3) is 0.556. The first-order valence-corrected chi connectivity index (χ1v) is 8.29.